The molecular formula is C20H32ClNO2Si2. The minimum Gasteiger partial charge on any atom is -0.466 e. The van der Waals surface area contributed by atoms with E-state index in [1.807, 2.05) is 6.92 Å². The van der Waals surface area contributed by atoms with Crippen molar-refractivity contribution in [1.82, 2.24) is 0 Å². The van der Waals surface area contributed by atoms with Gasteiger partial charge in [0.1, 0.15) is 0 Å². The van der Waals surface area contributed by atoms with Crippen molar-refractivity contribution < 1.29 is 9.53 Å². The summed E-state index contributed by atoms with van der Waals surface area (Å²) >= 11 is 6.81. The van der Waals surface area contributed by atoms with Gasteiger partial charge in [-0.25, -0.2) is 4.79 Å². The topological polar surface area (TPSA) is 38.7 Å². The van der Waals surface area contributed by atoms with Gasteiger partial charge in [0.2, 0.25) is 0 Å². The molecule has 0 fully saturated rings. The van der Waals surface area contributed by atoms with Gasteiger partial charge in [0, 0.05) is 0 Å². The molecule has 0 N–H and O–H groups in total. The Hall–Kier alpha value is -1.05. The van der Waals surface area contributed by atoms with Gasteiger partial charge in [-0.05, 0) is 29.9 Å². The summed E-state index contributed by atoms with van der Waals surface area (Å²) in [6.45, 7) is 17.3. The van der Waals surface area contributed by atoms with Gasteiger partial charge in [0.15, 0.2) is 0 Å². The molecule has 1 rings (SSSR count). The van der Waals surface area contributed by atoms with Crippen molar-refractivity contribution >= 4 is 38.7 Å². The number of halogens is 1. The molecule has 1 aromatic rings. The molecule has 0 saturated heterocycles. The van der Waals surface area contributed by atoms with Gasteiger partial charge < -0.3 is 4.74 Å². The number of esters is 1. The fourth-order valence-electron chi connectivity index (χ4n) is 2.66. The third kappa shape index (κ3) is 5.47. The Labute approximate surface area is 165 Å². The van der Waals surface area contributed by atoms with Crippen LogP contribution in [-0.2, 0) is 9.53 Å². The average Bonchev–Trinajstić information content (AvgIpc) is 2.53. The van der Waals surface area contributed by atoms with E-state index in [1.54, 1.807) is 0 Å². The lowest BCUT2D eigenvalue weighted by Crippen LogP contribution is -2.28. The first-order chi connectivity index (χ1) is 11.9. The highest BCUT2D eigenvalue weighted by atomic mass is 35.6. The zero-order valence-corrected chi connectivity index (χ0v) is 20.3. The van der Waals surface area contributed by atoms with Crippen LogP contribution >= 0.6 is 11.1 Å². The predicted octanol–water partition coefficient (Wildman–Crippen LogP) is 6.47. The molecule has 0 heterocycles. The second kappa shape index (κ2) is 9.24. The van der Waals surface area contributed by atoms with E-state index in [4.69, 9.17) is 20.4 Å². The van der Waals surface area contributed by atoms with Crippen molar-refractivity contribution in [3.05, 3.63) is 39.7 Å². The number of rotatable bonds is 6. The fraction of sp³-hybridized carbons (Fsp3) is 0.550. The molecule has 0 bridgehead atoms. The highest BCUT2D eigenvalue weighted by Gasteiger charge is 2.28. The number of methoxy groups -OCH3 is 1. The summed E-state index contributed by atoms with van der Waals surface area (Å²) in [6.07, 6.45) is 0. The summed E-state index contributed by atoms with van der Waals surface area (Å²) in [6, 6.07) is 6.29. The van der Waals surface area contributed by atoms with E-state index >= 15 is 0 Å². The molecule has 0 spiro atoms. The van der Waals surface area contributed by atoms with Gasteiger partial charge in [-0.3, -0.25) is 4.63 Å². The Kier molecular flexibility index (Phi) is 8.17. The Bertz CT molecular complexity index is 706. The maximum atomic E-state index is 12.5. The van der Waals surface area contributed by atoms with E-state index in [9.17, 15) is 4.79 Å². The first-order valence-corrected chi connectivity index (χ1v) is 15.0. The lowest BCUT2D eigenvalue weighted by atomic mass is 9.93. The van der Waals surface area contributed by atoms with Crippen LogP contribution in [0.1, 0.15) is 57.6 Å². The third-order valence-electron chi connectivity index (χ3n) is 4.65. The van der Waals surface area contributed by atoms with E-state index < -0.39 is 16.0 Å². The SMILES string of the molecule is COC(=O)/C(=C(\C)[Si](C)(C)C)[Si](Cl)=Nc1c(C(C)C)cccc1C(C)C. The van der Waals surface area contributed by atoms with Gasteiger partial charge >= 0.3 is 5.97 Å². The molecule has 26 heavy (non-hydrogen) atoms. The van der Waals surface area contributed by atoms with E-state index in [2.05, 4.69) is 65.5 Å². The Morgan fingerprint density at radius 1 is 1.12 bits per heavy atom. The predicted molar refractivity (Wildman–Crippen MR) is 116 cm³/mol. The van der Waals surface area contributed by atoms with Gasteiger partial charge in [-0.1, -0.05) is 70.7 Å². The molecule has 0 radical (unpaired) electrons. The van der Waals surface area contributed by atoms with Crippen molar-refractivity contribution in [3.8, 4) is 0 Å². The lowest BCUT2D eigenvalue weighted by molar-refractivity contribution is -0.135. The van der Waals surface area contributed by atoms with E-state index in [0.29, 0.717) is 17.0 Å². The average molecular weight is 410 g/mol. The summed E-state index contributed by atoms with van der Waals surface area (Å²) in [5.41, 5.74) is 3.30. The summed E-state index contributed by atoms with van der Waals surface area (Å²) in [7, 11) is -2.23. The number of carbonyl (C=O) groups excluding carboxylic acids is 1. The number of benzene rings is 1. The highest BCUT2D eigenvalue weighted by molar-refractivity contribution is 7.07. The third-order valence-corrected chi connectivity index (χ3v) is 9.63. The standard InChI is InChI=1S/C20H32ClNO2Si2/c1-13(2)16-11-10-12-17(14(3)4)18(16)22-25(21)19(20(23)24-6)15(5)26(7,8)9/h10-14H,1-9H3/b19-15-,25-22?. The molecule has 0 atom stereocenters. The number of carbonyl (C=O) groups is 1. The zero-order chi connectivity index (χ0) is 20.2. The minimum atomic E-state index is -1.95. The molecule has 0 aliphatic heterocycles. The Balaban J connectivity index is 3.73. The van der Waals surface area contributed by atoms with Crippen molar-refractivity contribution in [2.75, 3.05) is 7.11 Å². The van der Waals surface area contributed by atoms with Crippen LogP contribution in [0.25, 0.3) is 0 Å². The first kappa shape index (κ1) is 23.0. The van der Waals surface area contributed by atoms with E-state index in [0.717, 1.165) is 10.9 Å². The fourth-order valence-corrected chi connectivity index (χ4v) is 7.29. The molecule has 1 aromatic carbocycles. The summed E-state index contributed by atoms with van der Waals surface area (Å²) in [5, 5.41) is 1.66. The van der Waals surface area contributed by atoms with E-state index in [-0.39, 0.29) is 5.97 Å². The van der Waals surface area contributed by atoms with Crippen molar-refractivity contribution in [2.24, 2.45) is 4.63 Å². The molecule has 0 amide bonds. The summed E-state index contributed by atoms with van der Waals surface area (Å²) < 4.78 is 9.99. The maximum absolute atomic E-state index is 12.5. The molecule has 0 aromatic heterocycles. The van der Waals surface area contributed by atoms with Crippen LogP contribution in [0.4, 0.5) is 5.69 Å². The first-order valence-electron chi connectivity index (χ1n) is 9.08. The normalized spacial score (nSPS) is 13.9. The number of ether oxygens (including phenoxy) is 1. The number of allylic oxidation sites excluding steroid dienone is 1. The second-order valence-corrected chi connectivity index (χ2v) is 15.9. The molecule has 0 unspecified atom stereocenters. The molecule has 3 nitrogen and oxygen atoms in total. The van der Waals surface area contributed by atoms with Gasteiger partial charge in [-0.15, -0.1) is 11.1 Å². The largest absolute Gasteiger partial charge is 0.466 e. The van der Waals surface area contributed by atoms with Crippen molar-refractivity contribution in [3.63, 3.8) is 0 Å². The molecular weight excluding hydrogens is 378 g/mol. The smallest absolute Gasteiger partial charge is 0.335 e. The Morgan fingerprint density at radius 2 is 1.58 bits per heavy atom. The van der Waals surface area contributed by atoms with Crippen LogP contribution in [0.2, 0.25) is 19.6 Å². The zero-order valence-electron chi connectivity index (χ0n) is 17.5. The van der Waals surface area contributed by atoms with Crippen LogP contribution < -0.4 is 0 Å². The lowest BCUT2D eigenvalue weighted by Gasteiger charge is -2.21. The van der Waals surface area contributed by atoms with Crippen molar-refractivity contribution in [1.29, 1.82) is 0 Å². The van der Waals surface area contributed by atoms with Gasteiger partial charge in [-0.2, -0.15) is 0 Å². The molecule has 0 aliphatic rings. The highest BCUT2D eigenvalue weighted by Crippen LogP contribution is 2.35. The second-order valence-electron chi connectivity index (χ2n) is 8.24. The van der Waals surface area contributed by atoms with Crippen LogP contribution in [-0.4, -0.2) is 29.1 Å². The number of nitrogens with zero attached hydrogens (tertiary/aromatic N) is 1. The molecule has 0 aliphatic carbocycles. The monoisotopic (exact) mass is 409 g/mol. The van der Waals surface area contributed by atoms with Gasteiger partial charge in [0.25, 0.3) is 7.90 Å². The summed E-state index contributed by atoms with van der Waals surface area (Å²) in [5.74, 6) is 0.329. The minimum absolute atomic E-state index is 0.336. The quantitative estimate of drug-likeness (QED) is 0.234. The van der Waals surface area contributed by atoms with Crippen LogP contribution in [0, 0.1) is 0 Å². The van der Waals surface area contributed by atoms with E-state index in [1.165, 1.54) is 18.2 Å². The van der Waals surface area contributed by atoms with Crippen LogP contribution in [0.3, 0.4) is 0 Å². The summed E-state index contributed by atoms with van der Waals surface area (Å²) in [4.78, 5) is 12.5. The van der Waals surface area contributed by atoms with Crippen molar-refractivity contribution in [2.45, 2.75) is 66.1 Å². The Morgan fingerprint density at radius 3 is 1.92 bits per heavy atom. The number of hydrogen-bond donors (Lipinski definition) is 0. The molecule has 0 saturated carbocycles. The maximum Gasteiger partial charge on any atom is 0.335 e. The van der Waals surface area contributed by atoms with Gasteiger partial charge in [0.05, 0.1) is 26.1 Å². The molecule has 144 valence electrons. The van der Waals surface area contributed by atoms with Crippen LogP contribution in [0.5, 0.6) is 0 Å². The molecule has 6 heteroatoms. The van der Waals surface area contributed by atoms with Crippen LogP contribution in [0.15, 0.2) is 33.2 Å². The number of hydrogen-bond acceptors (Lipinski definition) is 3.